The van der Waals surface area contributed by atoms with Gasteiger partial charge in [0.2, 0.25) is 0 Å². The van der Waals surface area contributed by atoms with E-state index in [1.54, 1.807) is 46.8 Å². The highest BCUT2D eigenvalue weighted by molar-refractivity contribution is 7.99. The first-order valence-corrected chi connectivity index (χ1v) is 28.2. The first-order chi connectivity index (χ1) is 36.3. The molecule has 0 spiro atoms. The quantitative estimate of drug-likeness (QED) is 0.0199. The fourth-order valence-corrected chi connectivity index (χ4v) is 9.67. The maximum absolute atomic E-state index is 13.8. The van der Waals surface area contributed by atoms with Gasteiger partial charge in [-0.3, -0.25) is 4.79 Å². The Morgan fingerprint density at radius 1 is 0.895 bits per heavy atom. The van der Waals surface area contributed by atoms with Crippen molar-refractivity contribution in [3.63, 3.8) is 0 Å². The van der Waals surface area contributed by atoms with Crippen molar-refractivity contribution in [3.05, 3.63) is 89.6 Å². The molecular formula is C54H65F3N12O5S2. The van der Waals surface area contributed by atoms with Crippen LogP contribution in [0.3, 0.4) is 0 Å². The number of benzene rings is 3. The largest absolute Gasteiger partial charge is 0.444 e. The van der Waals surface area contributed by atoms with Crippen molar-refractivity contribution in [1.29, 1.82) is 0 Å². The Morgan fingerprint density at radius 2 is 1.66 bits per heavy atom. The van der Waals surface area contributed by atoms with Gasteiger partial charge >= 0.3 is 12.3 Å². The zero-order valence-electron chi connectivity index (χ0n) is 43.4. The lowest BCUT2D eigenvalue weighted by atomic mass is 10.0. The lowest BCUT2D eigenvalue weighted by Crippen LogP contribution is -2.39. The maximum atomic E-state index is 13.8. The number of carbonyl (C=O) groups excluding carboxylic acids is 2. The number of thioether (sulfide) groups is 1. The van der Waals surface area contributed by atoms with Crippen molar-refractivity contribution < 1.29 is 35.9 Å². The summed E-state index contributed by atoms with van der Waals surface area (Å²) in [6.45, 7) is 10.8. The molecular weight excluding hydrogens is 1020 g/mol. The maximum Gasteiger partial charge on any atom is 0.407 e. The summed E-state index contributed by atoms with van der Waals surface area (Å²) in [5.41, 5.74) is 4.24. The number of alkyl carbamates (subject to hydrolysis) is 1. The first kappa shape index (κ1) is 56.7. The van der Waals surface area contributed by atoms with Crippen LogP contribution in [-0.2, 0) is 32.5 Å². The average Bonchev–Trinajstić information content (AvgIpc) is 3.94. The number of hydrogen-bond acceptors (Lipinski definition) is 14. The van der Waals surface area contributed by atoms with E-state index in [1.165, 1.54) is 16.7 Å². The van der Waals surface area contributed by atoms with Crippen LogP contribution in [0.1, 0.15) is 83.0 Å². The molecule has 1 fully saturated rings. The SMILES string of the molecule is CCCSc1nc(NCCNC(=O)OC(C)(C)C)c2nnn(Cc3ccc(C#CC(=O)NCCCCCN4CCC(Nc5cccc6c5cc(C#CCNc5ccc(S(C)(=O)=O)cc5)n6CC(F)(F)F)CC4)cc3)c2n1. The molecule has 17 nitrogen and oxygen atoms in total. The van der Waals surface area contributed by atoms with Crippen LogP contribution in [0.5, 0.6) is 0 Å². The van der Waals surface area contributed by atoms with Gasteiger partial charge in [-0.2, -0.15) is 13.2 Å². The molecule has 22 heteroatoms. The number of anilines is 3. The summed E-state index contributed by atoms with van der Waals surface area (Å²) in [6.07, 6.45) is 1.65. The minimum Gasteiger partial charge on any atom is -0.444 e. The smallest absolute Gasteiger partial charge is 0.407 e. The highest BCUT2D eigenvalue weighted by Crippen LogP contribution is 2.32. The number of sulfone groups is 1. The summed E-state index contributed by atoms with van der Waals surface area (Å²) in [4.78, 5) is 36.7. The number of rotatable bonds is 21. The Kier molecular flexibility index (Phi) is 19.5. The van der Waals surface area contributed by atoms with Crippen molar-refractivity contribution >= 4 is 72.9 Å². The average molecular weight is 1080 g/mol. The number of alkyl halides is 3. The molecule has 0 aliphatic carbocycles. The van der Waals surface area contributed by atoms with Crippen molar-refractivity contribution in [2.75, 3.05) is 73.8 Å². The van der Waals surface area contributed by atoms with E-state index < -0.39 is 34.3 Å². The van der Waals surface area contributed by atoms with Gasteiger partial charge in [-0.05, 0) is 126 Å². The van der Waals surface area contributed by atoms with Gasteiger partial charge in [0.05, 0.1) is 29.2 Å². The molecule has 7 rings (SSSR count). The van der Waals surface area contributed by atoms with Gasteiger partial charge in [-0.1, -0.05) is 60.4 Å². The third kappa shape index (κ3) is 17.3. The number of piperidine rings is 1. The lowest BCUT2D eigenvalue weighted by molar-refractivity contribution is -0.140. The number of nitrogens with zero attached hydrogens (tertiary/aromatic N) is 7. The molecule has 2 amide bonds. The second-order valence-electron chi connectivity index (χ2n) is 19.4. The molecule has 0 bridgehead atoms. The van der Waals surface area contributed by atoms with E-state index in [-0.39, 0.29) is 29.1 Å². The van der Waals surface area contributed by atoms with E-state index in [0.717, 1.165) is 81.4 Å². The Labute approximate surface area is 446 Å². The molecule has 0 atom stereocenters. The summed E-state index contributed by atoms with van der Waals surface area (Å²) in [5, 5.41) is 25.6. The van der Waals surface area contributed by atoms with E-state index >= 15 is 0 Å². The summed E-state index contributed by atoms with van der Waals surface area (Å²) in [6, 6.07) is 21.0. The monoisotopic (exact) mass is 1080 g/mol. The molecule has 5 N–H and O–H groups in total. The predicted molar refractivity (Wildman–Crippen MR) is 292 cm³/mol. The fourth-order valence-electron chi connectivity index (χ4n) is 8.35. The summed E-state index contributed by atoms with van der Waals surface area (Å²) in [7, 11) is -3.34. The molecule has 3 aromatic heterocycles. The Morgan fingerprint density at radius 3 is 2.37 bits per heavy atom. The highest BCUT2D eigenvalue weighted by atomic mass is 32.2. The minimum absolute atomic E-state index is 0.146. The number of amides is 2. The molecule has 4 heterocycles. The number of aromatic nitrogens is 6. The number of carbonyl (C=O) groups is 2. The van der Waals surface area contributed by atoms with Crippen LogP contribution in [-0.4, -0.2) is 130 Å². The predicted octanol–water partition coefficient (Wildman–Crippen LogP) is 8.31. The third-order valence-electron chi connectivity index (χ3n) is 12.0. The summed E-state index contributed by atoms with van der Waals surface area (Å²) in [5.74, 6) is 12.5. The number of halogens is 3. The first-order valence-electron chi connectivity index (χ1n) is 25.3. The molecule has 76 heavy (non-hydrogen) atoms. The van der Waals surface area contributed by atoms with Gasteiger partial charge in [-0.25, -0.2) is 27.9 Å². The molecule has 1 aliphatic heterocycles. The van der Waals surface area contributed by atoms with Gasteiger partial charge in [0.1, 0.15) is 12.1 Å². The van der Waals surface area contributed by atoms with Crippen LogP contribution in [0, 0.1) is 23.7 Å². The molecule has 404 valence electrons. The van der Waals surface area contributed by atoms with Crippen LogP contribution in [0.25, 0.3) is 22.1 Å². The van der Waals surface area contributed by atoms with E-state index in [2.05, 4.69) is 77.4 Å². The number of unbranched alkanes of at least 4 members (excludes halogenated alkanes) is 2. The van der Waals surface area contributed by atoms with Gasteiger partial charge in [0.25, 0.3) is 5.91 Å². The summed E-state index contributed by atoms with van der Waals surface area (Å²) < 4.78 is 73.2. The molecule has 3 aromatic carbocycles. The normalized spacial score (nSPS) is 13.4. The Hall–Kier alpha value is -7.01. The molecule has 0 unspecified atom stereocenters. The number of nitrogens with one attached hydrogen (secondary N) is 5. The van der Waals surface area contributed by atoms with Crippen LogP contribution < -0.4 is 26.6 Å². The van der Waals surface area contributed by atoms with Crippen LogP contribution in [0.4, 0.5) is 35.2 Å². The Balaban J connectivity index is 0.819. The Bertz CT molecular complexity index is 3180. The van der Waals surface area contributed by atoms with Gasteiger partial charge < -0.3 is 40.8 Å². The van der Waals surface area contributed by atoms with Gasteiger partial charge in [0.15, 0.2) is 32.0 Å². The van der Waals surface area contributed by atoms with Crippen molar-refractivity contribution in [2.45, 2.75) is 107 Å². The van der Waals surface area contributed by atoms with Crippen LogP contribution in [0.2, 0.25) is 0 Å². The van der Waals surface area contributed by atoms with Crippen molar-refractivity contribution in [1.82, 2.24) is 45.1 Å². The van der Waals surface area contributed by atoms with Gasteiger partial charge in [0, 0.05) is 79.0 Å². The van der Waals surface area contributed by atoms with E-state index in [1.807, 2.05) is 51.1 Å². The number of likely N-dealkylation sites (tertiary alicyclic amines) is 1. The van der Waals surface area contributed by atoms with E-state index in [9.17, 15) is 31.2 Å². The number of hydrogen-bond donors (Lipinski definition) is 5. The highest BCUT2D eigenvalue weighted by Gasteiger charge is 2.30. The second kappa shape index (κ2) is 26.2. The molecule has 0 radical (unpaired) electrons. The lowest BCUT2D eigenvalue weighted by Gasteiger charge is -2.33. The van der Waals surface area contributed by atoms with E-state index in [0.29, 0.717) is 70.5 Å². The van der Waals surface area contributed by atoms with Crippen LogP contribution >= 0.6 is 11.8 Å². The minimum atomic E-state index is -4.45. The molecule has 6 aromatic rings. The third-order valence-corrected chi connectivity index (χ3v) is 14.2. The fraction of sp³-hybridized carbons (Fsp3) is 0.444. The van der Waals surface area contributed by atoms with Crippen molar-refractivity contribution in [3.8, 4) is 23.7 Å². The van der Waals surface area contributed by atoms with Crippen molar-refractivity contribution in [2.24, 2.45) is 0 Å². The van der Waals surface area contributed by atoms with Gasteiger partial charge in [-0.15, -0.1) is 5.10 Å². The molecule has 1 aliphatic rings. The zero-order chi connectivity index (χ0) is 54.3. The second-order valence-corrected chi connectivity index (χ2v) is 22.5. The standard InChI is InChI=1S/C54H65F3N12O5S2/c1-6-34-75-51-63-49(60-29-30-61-52(71)74-53(2,3)4)48-50(64-51)69(66-65-48)36-39-17-15-38(16-18-39)19-24-47(70)59-27-8-7-9-31-67-32-25-41(26-33-67)62-45-13-10-14-46-44(45)35-42(68(46)37-54(55,56)57)12-11-28-58-40-20-22-43(23-21-40)76(5,72)73/h10,13-18,20-23,35,41,58,62H,6-9,25-34,36-37H2,1-5H3,(H,59,70)(H,61,71)(H,60,63,64). The molecule has 1 saturated heterocycles. The summed E-state index contributed by atoms with van der Waals surface area (Å²) >= 11 is 1.54. The molecule has 0 saturated carbocycles. The zero-order valence-corrected chi connectivity index (χ0v) is 45.1. The number of ether oxygens (including phenoxy) is 1. The topological polar surface area (TPSA) is 202 Å². The number of fused-ring (bicyclic) bond motifs is 2. The van der Waals surface area contributed by atoms with E-state index in [4.69, 9.17) is 9.72 Å². The van der Waals surface area contributed by atoms with Crippen LogP contribution in [0.15, 0.2) is 82.8 Å².